The van der Waals surface area contributed by atoms with Gasteiger partial charge in [-0.15, -0.1) is 5.10 Å². The molecule has 0 unspecified atom stereocenters. The van der Waals surface area contributed by atoms with Gasteiger partial charge >= 0.3 is 0 Å². The lowest BCUT2D eigenvalue weighted by atomic mass is 10.1. The highest BCUT2D eigenvalue weighted by Gasteiger charge is 2.28. The fourth-order valence-electron chi connectivity index (χ4n) is 4.69. The summed E-state index contributed by atoms with van der Waals surface area (Å²) in [5.74, 6) is 0.795. The molecule has 5 aromatic rings. The van der Waals surface area contributed by atoms with Gasteiger partial charge in [0.15, 0.2) is 0 Å². The largest absolute Gasteiger partial charge is 0.365 e. The van der Waals surface area contributed by atoms with Crippen molar-refractivity contribution in [3.05, 3.63) is 79.1 Å². The maximum Gasteiger partial charge on any atom is 0.245 e. The number of hydrogen-bond acceptors (Lipinski definition) is 6. The lowest BCUT2D eigenvalue weighted by Gasteiger charge is -2.40. The van der Waals surface area contributed by atoms with Crippen molar-refractivity contribution in [2.45, 2.75) is 19.5 Å². The number of pyridine rings is 1. The van der Waals surface area contributed by atoms with E-state index < -0.39 is 0 Å². The molecule has 5 heterocycles. The van der Waals surface area contributed by atoms with Gasteiger partial charge in [0.2, 0.25) is 5.95 Å². The number of rotatable bonds is 5. The van der Waals surface area contributed by atoms with Crippen LogP contribution in [-0.4, -0.2) is 59.8 Å². The van der Waals surface area contributed by atoms with Gasteiger partial charge in [-0.2, -0.15) is 10.2 Å². The van der Waals surface area contributed by atoms with Gasteiger partial charge in [-0.05, 0) is 18.6 Å². The summed E-state index contributed by atoms with van der Waals surface area (Å²) in [5, 5.41) is 13.7. The van der Waals surface area contributed by atoms with Crippen LogP contribution in [0.4, 0.5) is 11.6 Å². The minimum absolute atomic E-state index is 0.283. The molecule has 4 aromatic heterocycles. The Morgan fingerprint density at radius 1 is 0.941 bits per heavy atom. The number of anilines is 2. The molecular weight excluding hydrogens is 426 g/mol. The van der Waals surface area contributed by atoms with Gasteiger partial charge in [0.1, 0.15) is 6.33 Å². The molecule has 6 rings (SSSR count). The first-order valence-corrected chi connectivity index (χ1v) is 11.6. The third-order valence-corrected chi connectivity index (χ3v) is 6.47. The highest BCUT2D eigenvalue weighted by Crippen LogP contribution is 2.28. The van der Waals surface area contributed by atoms with E-state index in [1.54, 1.807) is 0 Å². The molecule has 9 heteroatoms. The van der Waals surface area contributed by atoms with Crippen molar-refractivity contribution in [3.63, 3.8) is 0 Å². The van der Waals surface area contributed by atoms with Crippen molar-refractivity contribution in [2.75, 3.05) is 29.4 Å². The predicted molar refractivity (Wildman–Crippen MR) is 132 cm³/mol. The van der Waals surface area contributed by atoms with Crippen molar-refractivity contribution in [1.82, 2.24) is 34.2 Å². The van der Waals surface area contributed by atoms with Gasteiger partial charge in [0, 0.05) is 56.2 Å². The van der Waals surface area contributed by atoms with Gasteiger partial charge in [-0.1, -0.05) is 36.4 Å². The second-order valence-electron chi connectivity index (χ2n) is 8.90. The maximum atomic E-state index is 4.75. The van der Waals surface area contributed by atoms with E-state index in [4.69, 9.17) is 5.10 Å². The summed E-state index contributed by atoms with van der Waals surface area (Å²) in [5.41, 5.74) is 5.68. The molecule has 1 aliphatic heterocycles. The average Bonchev–Trinajstić information content (AvgIpc) is 3.59. The van der Waals surface area contributed by atoms with Crippen molar-refractivity contribution in [2.24, 2.45) is 7.05 Å². The number of nitrogens with zero attached hydrogens (tertiary/aromatic N) is 9. The van der Waals surface area contributed by atoms with Crippen LogP contribution in [0.3, 0.4) is 0 Å². The topological polar surface area (TPSA) is 72.3 Å². The van der Waals surface area contributed by atoms with Crippen LogP contribution in [0.25, 0.3) is 16.6 Å². The number of aryl methyl sites for hydroxylation is 1. The van der Waals surface area contributed by atoms with Crippen LogP contribution < -0.4 is 9.80 Å². The van der Waals surface area contributed by atoms with Gasteiger partial charge < -0.3 is 9.80 Å². The normalized spacial score (nSPS) is 16.5. The molecule has 1 atom stereocenters. The van der Waals surface area contributed by atoms with Gasteiger partial charge in [-0.25, -0.2) is 14.2 Å². The summed E-state index contributed by atoms with van der Waals surface area (Å²) >= 11 is 0. The third-order valence-electron chi connectivity index (χ3n) is 6.47. The Labute approximate surface area is 197 Å². The van der Waals surface area contributed by atoms with Crippen molar-refractivity contribution in [3.8, 4) is 11.1 Å². The van der Waals surface area contributed by atoms with Crippen LogP contribution in [0.15, 0.2) is 73.6 Å². The second kappa shape index (κ2) is 8.33. The minimum atomic E-state index is 0.283. The minimum Gasteiger partial charge on any atom is -0.365 e. The Kier molecular flexibility index (Phi) is 5.01. The average molecular weight is 454 g/mol. The summed E-state index contributed by atoms with van der Waals surface area (Å²) in [7, 11) is 1.93. The van der Waals surface area contributed by atoms with Gasteiger partial charge in [-0.3, -0.25) is 4.68 Å². The summed E-state index contributed by atoms with van der Waals surface area (Å²) in [6, 6.07) is 14.9. The molecule has 0 radical (unpaired) electrons. The molecule has 9 nitrogen and oxygen atoms in total. The SMILES string of the molecule is C[C@@H]1CN(c2cnn3cc(-c4cnn(C)c4)ccc23)CCN1c1ncn(Cc2ccccc2)n1. The Bertz CT molecular complexity index is 1410. The summed E-state index contributed by atoms with van der Waals surface area (Å²) < 4.78 is 5.69. The Morgan fingerprint density at radius 2 is 1.82 bits per heavy atom. The molecule has 0 saturated carbocycles. The molecule has 0 spiro atoms. The van der Waals surface area contributed by atoms with Gasteiger partial charge in [0.05, 0.1) is 30.1 Å². The van der Waals surface area contributed by atoms with Crippen LogP contribution >= 0.6 is 0 Å². The lowest BCUT2D eigenvalue weighted by Crippen LogP contribution is -2.52. The zero-order valence-electron chi connectivity index (χ0n) is 19.4. The molecule has 34 heavy (non-hydrogen) atoms. The Morgan fingerprint density at radius 3 is 2.62 bits per heavy atom. The summed E-state index contributed by atoms with van der Waals surface area (Å²) in [6.07, 6.45) is 9.76. The standard InChI is InChI=1S/C25H27N9/c1-19-14-31(10-11-33(19)25-26-18-32(29-25)15-20-6-4-3-5-7-20)24-13-28-34-17-21(8-9-23(24)34)22-12-27-30(2)16-22/h3-9,12-13,16-19H,10-11,14-15H2,1-2H3/t19-/m1/s1. The molecule has 0 aliphatic carbocycles. The monoisotopic (exact) mass is 453 g/mol. The zero-order valence-corrected chi connectivity index (χ0v) is 19.4. The van der Waals surface area contributed by atoms with E-state index in [-0.39, 0.29) is 6.04 Å². The number of aromatic nitrogens is 7. The van der Waals surface area contributed by atoms with E-state index in [0.29, 0.717) is 0 Å². The number of benzene rings is 1. The highest BCUT2D eigenvalue weighted by atomic mass is 15.4. The number of hydrogen-bond donors (Lipinski definition) is 0. The van der Waals surface area contributed by atoms with Crippen LogP contribution in [0.2, 0.25) is 0 Å². The van der Waals surface area contributed by atoms with E-state index >= 15 is 0 Å². The molecule has 1 saturated heterocycles. The Hall–Kier alpha value is -4.14. The summed E-state index contributed by atoms with van der Waals surface area (Å²) in [6.45, 7) is 5.60. The first kappa shape index (κ1) is 20.5. The fourth-order valence-corrected chi connectivity index (χ4v) is 4.69. The first-order valence-electron chi connectivity index (χ1n) is 11.6. The molecule has 0 N–H and O–H groups in total. The third kappa shape index (κ3) is 3.79. The summed E-state index contributed by atoms with van der Waals surface area (Å²) in [4.78, 5) is 9.31. The van der Waals surface area contributed by atoms with Crippen LogP contribution in [-0.2, 0) is 13.6 Å². The second-order valence-corrected chi connectivity index (χ2v) is 8.90. The van der Waals surface area contributed by atoms with E-state index in [0.717, 1.165) is 54.5 Å². The zero-order chi connectivity index (χ0) is 23.1. The highest BCUT2D eigenvalue weighted by molar-refractivity contribution is 5.75. The smallest absolute Gasteiger partial charge is 0.245 e. The van der Waals surface area contributed by atoms with Crippen LogP contribution in [0.5, 0.6) is 0 Å². The molecule has 0 amide bonds. The molecular formula is C25H27N9. The molecule has 1 fully saturated rings. The molecule has 1 aromatic carbocycles. The quantitative estimate of drug-likeness (QED) is 0.407. The lowest BCUT2D eigenvalue weighted by molar-refractivity contribution is 0.538. The van der Waals surface area contributed by atoms with E-state index in [1.165, 1.54) is 5.56 Å². The molecule has 0 bridgehead atoms. The number of fused-ring (bicyclic) bond motifs is 1. The molecule has 172 valence electrons. The van der Waals surface area contributed by atoms with Crippen molar-refractivity contribution in [1.29, 1.82) is 0 Å². The first-order chi connectivity index (χ1) is 16.6. The fraction of sp³-hybridized carbons (Fsp3) is 0.280. The van der Waals surface area contributed by atoms with Crippen LogP contribution in [0.1, 0.15) is 12.5 Å². The Balaban J connectivity index is 1.17. The number of piperazine rings is 1. The predicted octanol–water partition coefficient (Wildman–Crippen LogP) is 3.09. The van der Waals surface area contributed by atoms with Crippen LogP contribution in [0, 0.1) is 0 Å². The van der Waals surface area contributed by atoms with Gasteiger partial charge in [0.25, 0.3) is 0 Å². The van der Waals surface area contributed by atoms with E-state index in [9.17, 15) is 0 Å². The van der Waals surface area contributed by atoms with E-state index in [1.807, 2.05) is 51.9 Å². The van der Waals surface area contributed by atoms with Crippen molar-refractivity contribution < 1.29 is 0 Å². The molecule has 1 aliphatic rings. The van der Waals surface area contributed by atoms with E-state index in [2.05, 4.69) is 74.5 Å². The van der Waals surface area contributed by atoms with Crippen molar-refractivity contribution >= 4 is 17.2 Å². The maximum absolute atomic E-state index is 4.75.